The topological polar surface area (TPSA) is 111 Å². The summed E-state index contributed by atoms with van der Waals surface area (Å²) in [4.78, 5) is 24.5. The van der Waals surface area contributed by atoms with Crippen molar-refractivity contribution in [3.8, 4) is 0 Å². The van der Waals surface area contributed by atoms with Gasteiger partial charge in [-0.05, 0) is 26.0 Å². The monoisotopic (exact) mass is 422 g/mol. The van der Waals surface area contributed by atoms with E-state index in [0.29, 0.717) is 30.2 Å². The van der Waals surface area contributed by atoms with E-state index in [4.69, 9.17) is 4.74 Å². The Kier molecular flexibility index (Phi) is 7.15. The van der Waals surface area contributed by atoms with Crippen molar-refractivity contribution >= 4 is 27.6 Å². The number of ether oxygens (including phenoxy) is 1. The van der Waals surface area contributed by atoms with Gasteiger partial charge in [0.1, 0.15) is 11.4 Å². The van der Waals surface area contributed by atoms with Gasteiger partial charge in [-0.2, -0.15) is 9.40 Å². The van der Waals surface area contributed by atoms with Gasteiger partial charge < -0.3 is 10.1 Å². The molecule has 0 bridgehead atoms. The molecule has 2 rings (SSSR count). The van der Waals surface area contributed by atoms with Crippen LogP contribution in [0.25, 0.3) is 0 Å². The van der Waals surface area contributed by atoms with Gasteiger partial charge in [-0.15, -0.1) is 0 Å². The number of para-hydroxylation sites is 1. The number of carbonyl (C=O) groups excluding carboxylic acids is 2. The highest BCUT2D eigenvalue weighted by Gasteiger charge is 2.29. The van der Waals surface area contributed by atoms with Gasteiger partial charge in [0, 0.05) is 13.1 Å². The molecular weight excluding hydrogens is 396 g/mol. The molecule has 0 atom stereocenters. The third kappa shape index (κ3) is 4.65. The molecule has 1 aromatic carbocycles. The minimum Gasteiger partial charge on any atom is -0.465 e. The number of nitrogens with zero attached hydrogens (tertiary/aromatic N) is 3. The van der Waals surface area contributed by atoms with E-state index in [0.717, 1.165) is 0 Å². The summed E-state index contributed by atoms with van der Waals surface area (Å²) in [6.07, 6.45) is 0. The SMILES string of the molecule is CCN(CC)S(=O)(=O)c1c(C)nn(CC(=O)Nc2ccccc2C(=O)OC)c1C. The number of sulfonamides is 1. The summed E-state index contributed by atoms with van der Waals surface area (Å²) < 4.78 is 33.2. The molecule has 0 aliphatic rings. The molecule has 1 N–H and O–H groups in total. The van der Waals surface area contributed by atoms with Crippen LogP contribution >= 0.6 is 0 Å². The second kappa shape index (κ2) is 9.19. The van der Waals surface area contributed by atoms with E-state index in [9.17, 15) is 18.0 Å². The molecule has 1 heterocycles. The summed E-state index contributed by atoms with van der Waals surface area (Å²) in [5, 5.41) is 6.89. The van der Waals surface area contributed by atoms with Gasteiger partial charge in [-0.3, -0.25) is 9.48 Å². The predicted octanol–water partition coefficient (Wildman–Crippen LogP) is 1.96. The van der Waals surface area contributed by atoms with Crippen molar-refractivity contribution in [2.45, 2.75) is 39.1 Å². The number of nitrogens with one attached hydrogen (secondary N) is 1. The molecule has 0 aliphatic heterocycles. The molecule has 10 heteroatoms. The van der Waals surface area contributed by atoms with Crippen LogP contribution in [0.5, 0.6) is 0 Å². The lowest BCUT2D eigenvalue weighted by Crippen LogP contribution is -2.31. The number of esters is 1. The maximum absolute atomic E-state index is 12.9. The van der Waals surface area contributed by atoms with Crippen LogP contribution in [0, 0.1) is 13.8 Å². The Morgan fingerprint density at radius 1 is 1.17 bits per heavy atom. The van der Waals surface area contributed by atoms with Crippen molar-refractivity contribution in [3.05, 3.63) is 41.2 Å². The molecule has 0 spiro atoms. The zero-order valence-corrected chi connectivity index (χ0v) is 18.0. The van der Waals surface area contributed by atoms with Gasteiger partial charge >= 0.3 is 5.97 Å². The maximum Gasteiger partial charge on any atom is 0.339 e. The van der Waals surface area contributed by atoms with Crippen LogP contribution in [-0.2, 0) is 26.1 Å². The van der Waals surface area contributed by atoms with E-state index < -0.39 is 21.9 Å². The fraction of sp³-hybridized carbons (Fsp3) is 0.421. The smallest absolute Gasteiger partial charge is 0.339 e. The lowest BCUT2D eigenvalue weighted by Gasteiger charge is -2.18. The summed E-state index contributed by atoms with van der Waals surface area (Å²) in [5.41, 5.74) is 1.24. The first-order chi connectivity index (χ1) is 13.7. The van der Waals surface area contributed by atoms with Crippen LogP contribution < -0.4 is 5.32 Å². The van der Waals surface area contributed by atoms with Crippen molar-refractivity contribution in [1.82, 2.24) is 14.1 Å². The van der Waals surface area contributed by atoms with Crippen molar-refractivity contribution in [3.63, 3.8) is 0 Å². The third-order valence-corrected chi connectivity index (χ3v) is 6.82. The van der Waals surface area contributed by atoms with Gasteiger partial charge in [0.2, 0.25) is 15.9 Å². The number of methoxy groups -OCH3 is 1. The fourth-order valence-electron chi connectivity index (χ4n) is 3.11. The van der Waals surface area contributed by atoms with Gasteiger partial charge in [0.15, 0.2) is 0 Å². The molecule has 1 amide bonds. The summed E-state index contributed by atoms with van der Waals surface area (Å²) in [5.74, 6) is -1.02. The van der Waals surface area contributed by atoms with Crippen LogP contribution in [-0.4, -0.2) is 54.6 Å². The first-order valence-electron chi connectivity index (χ1n) is 9.18. The Morgan fingerprint density at radius 3 is 2.38 bits per heavy atom. The first kappa shape index (κ1) is 22.6. The zero-order chi connectivity index (χ0) is 21.8. The Labute approximate surface area is 170 Å². The lowest BCUT2D eigenvalue weighted by molar-refractivity contribution is -0.116. The minimum absolute atomic E-state index is 0.115. The van der Waals surface area contributed by atoms with E-state index in [1.54, 1.807) is 52.0 Å². The number of benzene rings is 1. The number of aromatic nitrogens is 2. The molecule has 0 saturated carbocycles. The molecule has 0 radical (unpaired) electrons. The molecule has 0 saturated heterocycles. The van der Waals surface area contributed by atoms with E-state index in [1.807, 2.05) is 0 Å². The Morgan fingerprint density at radius 2 is 1.79 bits per heavy atom. The van der Waals surface area contributed by atoms with Crippen molar-refractivity contribution in [2.75, 3.05) is 25.5 Å². The molecule has 0 unspecified atom stereocenters. The Balaban J connectivity index is 2.29. The normalized spacial score (nSPS) is 11.5. The van der Waals surface area contributed by atoms with Gasteiger partial charge in [-0.25, -0.2) is 13.2 Å². The fourth-order valence-corrected chi connectivity index (χ4v) is 4.94. The van der Waals surface area contributed by atoms with Crippen LogP contribution in [0.3, 0.4) is 0 Å². The number of hydrogen-bond donors (Lipinski definition) is 1. The summed E-state index contributed by atoms with van der Waals surface area (Å²) in [7, 11) is -2.44. The second-order valence-electron chi connectivity index (χ2n) is 6.33. The number of amides is 1. The second-order valence-corrected chi connectivity index (χ2v) is 8.21. The highest BCUT2D eigenvalue weighted by molar-refractivity contribution is 7.89. The minimum atomic E-state index is -3.70. The average molecular weight is 423 g/mol. The summed E-state index contributed by atoms with van der Waals surface area (Å²) >= 11 is 0. The third-order valence-electron chi connectivity index (χ3n) is 4.52. The maximum atomic E-state index is 12.9. The van der Waals surface area contributed by atoms with E-state index in [-0.39, 0.29) is 17.0 Å². The largest absolute Gasteiger partial charge is 0.465 e. The van der Waals surface area contributed by atoms with Crippen LogP contribution in [0.15, 0.2) is 29.2 Å². The molecule has 29 heavy (non-hydrogen) atoms. The van der Waals surface area contributed by atoms with Crippen LogP contribution in [0.4, 0.5) is 5.69 Å². The first-order valence-corrected chi connectivity index (χ1v) is 10.6. The van der Waals surface area contributed by atoms with Gasteiger partial charge in [0.25, 0.3) is 0 Å². The molecule has 2 aromatic rings. The highest BCUT2D eigenvalue weighted by atomic mass is 32.2. The number of anilines is 1. The van der Waals surface area contributed by atoms with E-state index in [1.165, 1.54) is 16.1 Å². The van der Waals surface area contributed by atoms with E-state index in [2.05, 4.69) is 10.4 Å². The molecule has 158 valence electrons. The highest BCUT2D eigenvalue weighted by Crippen LogP contribution is 2.23. The number of carbonyl (C=O) groups is 2. The lowest BCUT2D eigenvalue weighted by atomic mass is 10.2. The Hall–Kier alpha value is -2.72. The van der Waals surface area contributed by atoms with Crippen molar-refractivity contribution < 1.29 is 22.7 Å². The molecular formula is C19H26N4O5S. The van der Waals surface area contributed by atoms with Gasteiger partial charge in [-0.1, -0.05) is 26.0 Å². The quantitative estimate of drug-likeness (QED) is 0.651. The van der Waals surface area contributed by atoms with Crippen molar-refractivity contribution in [2.24, 2.45) is 0 Å². The van der Waals surface area contributed by atoms with E-state index >= 15 is 0 Å². The van der Waals surface area contributed by atoms with Crippen LogP contribution in [0.1, 0.15) is 35.6 Å². The molecule has 9 nitrogen and oxygen atoms in total. The number of hydrogen-bond acceptors (Lipinski definition) is 6. The number of rotatable bonds is 8. The zero-order valence-electron chi connectivity index (χ0n) is 17.2. The molecule has 0 aliphatic carbocycles. The molecule has 1 aromatic heterocycles. The summed E-state index contributed by atoms with van der Waals surface area (Å²) in [6.45, 7) is 7.23. The van der Waals surface area contributed by atoms with Crippen molar-refractivity contribution in [1.29, 1.82) is 0 Å². The van der Waals surface area contributed by atoms with Crippen LogP contribution in [0.2, 0.25) is 0 Å². The predicted molar refractivity (Wildman–Crippen MR) is 108 cm³/mol. The molecule has 0 fully saturated rings. The Bertz CT molecular complexity index is 1010. The summed E-state index contributed by atoms with van der Waals surface area (Å²) in [6, 6.07) is 6.47. The number of aryl methyl sites for hydroxylation is 1. The standard InChI is InChI=1S/C19H26N4O5S/c1-6-22(7-2)29(26,27)18-13(3)21-23(14(18)4)12-17(24)20-16-11-9-8-10-15(16)19(25)28-5/h8-11H,6-7,12H2,1-5H3,(H,20,24). The van der Waals surface area contributed by atoms with Gasteiger partial charge in [0.05, 0.1) is 29.7 Å². The average Bonchev–Trinajstić information content (AvgIpc) is 2.95.